The van der Waals surface area contributed by atoms with Gasteiger partial charge in [-0.2, -0.15) is 0 Å². The molecule has 4 nitrogen and oxygen atoms in total. The number of ether oxygens (including phenoxy) is 1. The molecule has 0 spiro atoms. The smallest absolute Gasteiger partial charge is 0.145 e. The zero-order valence-electron chi connectivity index (χ0n) is 11.8. The van der Waals surface area contributed by atoms with Crippen molar-refractivity contribution in [2.45, 2.75) is 12.8 Å². The third-order valence-corrected chi connectivity index (χ3v) is 3.90. The van der Waals surface area contributed by atoms with E-state index in [9.17, 15) is 0 Å². The monoisotopic (exact) mass is 303 g/mol. The van der Waals surface area contributed by atoms with Crippen molar-refractivity contribution < 1.29 is 4.74 Å². The third kappa shape index (κ3) is 3.93. The van der Waals surface area contributed by atoms with Crippen molar-refractivity contribution in [3.05, 3.63) is 41.7 Å². The van der Waals surface area contributed by atoms with Gasteiger partial charge < -0.3 is 10.1 Å². The molecule has 0 unspecified atom stereocenters. The summed E-state index contributed by atoms with van der Waals surface area (Å²) in [6, 6.07) is 7.65. The van der Waals surface area contributed by atoms with Crippen LogP contribution in [0.15, 0.2) is 36.7 Å². The van der Waals surface area contributed by atoms with Crippen LogP contribution in [0, 0.1) is 5.92 Å². The molecular weight excluding hydrogens is 286 g/mol. The van der Waals surface area contributed by atoms with Crippen LogP contribution < -0.4 is 5.32 Å². The van der Waals surface area contributed by atoms with E-state index in [1.165, 1.54) is 0 Å². The molecule has 1 fully saturated rings. The maximum Gasteiger partial charge on any atom is 0.145 e. The first-order chi connectivity index (χ1) is 10.3. The number of halogens is 1. The van der Waals surface area contributed by atoms with Crippen LogP contribution in [0.1, 0.15) is 12.8 Å². The first-order valence-corrected chi connectivity index (χ1v) is 7.58. The lowest BCUT2D eigenvalue weighted by Crippen LogP contribution is -2.23. The summed E-state index contributed by atoms with van der Waals surface area (Å²) in [5, 5.41) is 4.08. The van der Waals surface area contributed by atoms with Crippen molar-refractivity contribution in [3.63, 3.8) is 0 Å². The Kier molecular flexibility index (Phi) is 4.68. The van der Waals surface area contributed by atoms with Gasteiger partial charge in [0.15, 0.2) is 0 Å². The predicted molar refractivity (Wildman–Crippen MR) is 84.5 cm³/mol. The molecule has 0 amide bonds. The van der Waals surface area contributed by atoms with E-state index >= 15 is 0 Å². The molecule has 1 saturated heterocycles. The van der Waals surface area contributed by atoms with Crippen molar-refractivity contribution in [1.29, 1.82) is 0 Å². The zero-order chi connectivity index (χ0) is 14.5. The Morgan fingerprint density at radius 1 is 1.24 bits per heavy atom. The van der Waals surface area contributed by atoms with Gasteiger partial charge in [0.05, 0.1) is 18.1 Å². The Morgan fingerprint density at radius 3 is 2.90 bits per heavy atom. The summed E-state index contributed by atoms with van der Waals surface area (Å²) in [6.45, 7) is 2.64. The normalized spacial score (nSPS) is 15.9. The summed E-state index contributed by atoms with van der Waals surface area (Å²) in [4.78, 5) is 8.87. The fourth-order valence-corrected chi connectivity index (χ4v) is 2.63. The molecule has 1 aliphatic heterocycles. The van der Waals surface area contributed by atoms with Gasteiger partial charge in [-0.15, -0.1) is 0 Å². The molecule has 5 heteroatoms. The molecule has 21 heavy (non-hydrogen) atoms. The van der Waals surface area contributed by atoms with E-state index < -0.39 is 0 Å². The molecule has 1 aromatic carbocycles. The van der Waals surface area contributed by atoms with Crippen molar-refractivity contribution in [2.75, 3.05) is 25.1 Å². The predicted octanol–water partition coefficient (Wildman–Crippen LogP) is 3.64. The number of nitrogens with one attached hydrogen (secondary N) is 1. The Balaban J connectivity index is 1.68. The number of hydrogen-bond donors (Lipinski definition) is 1. The maximum absolute atomic E-state index is 6.02. The average molecular weight is 304 g/mol. The second-order valence-electron chi connectivity index (χ2n) is 5.24. The van der Waals surface area contributed by atoms with Crippen molar-refractivity contribution in [1.82, 2.24) is 9.97 Å². The molecule has 0 saturated carbocycles. The molecule has 0 aliphatic carbocycles. The number of benzene rings is 1. The van der Waals surface area contributed by atoms with Gasteiger partial charge in [-0.05, 0) is 30.9 Å². The zero-order valence-corrected chi connectivity index (χ0v) is 12.5. The van der Waals surface area contributed by atoms with Crippen molar-refractivity contribution >= 4 is 17.4 Å². The highest BCUT2D eigenvalue weighted by Gasteiger charge is 2.13. The van der Waals surface area contributed by atoms with Crippen LogP contribution in [0.5, 0.6) is 0 Å². The van der Waals surface area contributed by atoms with Crippen molar-refractivity contribution in [3.8, 4) is 11.3 Å². The highest BCUT2D eigenvalue weighted by molar-refractivity contribution is 6.30. The summed E-state index contributed by atoms with van der Waals surface area (Å²) < 4.78 is 5.37. The van der Waals surface area contributed by atoms with Crippen LogP contribution in [-0.2, 0) is 4.74 Å². The van der Waals surface area contributed by atoms with Gasteiger partial charge in [0, 0.05) is 30.3 Å². The minimum Gasteiger partial charge on any atom is -0.381 e. The fraction of sp³-hybridized carbons (Fsp3) is 0.375. The van der Waals surface area contributed by atoms with Crippen LogP contribution in [0.3, 0.4) is 0 Å². The minimum absolute atomic E-state index is 0.648. The summed E-state index contributed by atoms with van der Waals surface area (Å²) in [6.07, 6.45) is 5.72. The van der Waals surface area contributed by atoms with Gasteiger partial charge in [-0.3, -0.25) is 4.98 Å². The molecular formula is C16H18ClN3O. The molecule has 0 atom stereocenters. The Hall–Kier alpha value is -1.65. The van der Waals surface area contributed by atoms with Crippen LogP contribution in [0.2, 0.25) is 5.02 Å². The largest absolute Gasteiger partial charge is 0.381 e. The molecule has 0 bridgehead atoms. The molecule has 2 aromatic rings. The molecule has 0 radical (unpaired) electrons. The van der Waals surface area contributed by atoms with E-state index in [4.69, 9.17) is 16.3 Å². The van der Waals surface area contributed by atoms with Crippen LogP contribution in [-0.4, -0.2) is 29.7 Å². The second kappa shape index (κ2) is 6.87. The lowest BCUT2D eigenvalue weighted by Gasteiger charge is -2.22. The summed E-state index contributed by atoms with van der Waals surface area (Å²) in [5.41, 5.74) is 1.80. The molecule has 110 valence electrons. The van der Waals surface area contributed by atoms with E-state index in [1.807, 2.05) is 24.3 Å². The topological polar surface area (TPSA) is 47.0 Å². The maximum atomic E-state index is 6.02. The van der Waals surface area contributed by atoms with Gasteiger partial charge in [-0.1, -0.05) is 23.7 Å². The molecule has 3 rings (SSSR count). The fourth-order valence-electron chi connectivity index (χ4n) is 2.44. The molecule has 2 heterocycles. The Morgan fingerprint density at radius 2 is 2.10 bits per heavy atom. The van der Waals surface area contributed by atoms with E-state index in [0.29, 0.717) is 10.9 Å². The number of anilines is 1. The average Bonchev–Trinajstić information content (AvgIpc) is 2.54. The van der Waals surface area contributed by atoms with E-state index in [0.717, 1.165) is 49.7 Å². The quantitative estimate of drug-likeness (QED) is 0.937. The lowest BCUT2D eigenvalue weighted by molar-refractivity contribution is 0.0699. The van der Waals surface area contributed by atoms with Crippen LogP contribution >= 0.6 is 11.6 Å². The molecule has 1 N–H and O–H groups in total. The summed E-state index contributed by atoms with van der Waals surface area (Å²) >= 11 is 6.02. The second-order valence-corrected chi connectivity index (χ2v) is 5.67. The number of aromatic nitrogens is 2. The molecule has 1 aromatic heterocycles. The highest BCUT2D eigenvalue weighted by atomic mass is 35.5. The van der Waals surface area contributed by atoms with Crippen LogP contribution in [0.4, 0.5) is 5.82 Å². The Labute approximate surface area is 129 Å². The van der Waals surface area contributed by atoms with Gasteiger partial charge >= 0.3 is 0 Å². The van der Waals surface area contributed by atoms with Gasteiger partial charge in [0.1, 0.15) is 5.82 Å². The van der Waals surface area contributed by atoms with E-state index in [2.05, 4.69) is 15.3 Å². The summed E-state index contributed by atoms with van der Waals surface area (Å²) in [7, 11) is 0. The minimum atomic E-state index is 0.648. The van der Waals surface area contributed by atoms with Crippen molar-refractivity contribution in [2.24, 2.45) is 5.92 Å². The summed E-state index contributed by atoms with van der Waals surface area (Å²) in [5.74, 6) is 1.45. The SMILES string of the molecule is Clc1cccc(-c2cncc(NCC3CCOCC3)n2)c1. The van der Waals surface area contributed by atoms with Gasteiger partial charge in [0.2, 0.25) is 0 Å². The Bertz CT molecular complexity index is 600. The number of hydrogen-bond acceptors (Lipinski definition) is 4. The van der Waals surface area contributed by atoms with E-state index in [1.54, 1.807) is 12.4 Å². The number of rotatable bonds is 4. The number of nitrogens with zero attached hydrogens (tertiary/aromatic N) is 2. The highest BCUT2D eigenvalue weighted by Crippen LogP contribution is 2.21. The van der Waals surface area contributed by atoms with Gasteiger partial charge in [0.25, 0.3) is 0 Å². The van der Waals surface area contributed by atoms with Gasteiger partial charge in [-0.25, -0.2) is 4.98 Å². The van der Waals surface area contributed by atoms with E-state index in [-0.39, 0.29) is 0 Å². The first kappa shape index (κ1) is 14.3. The van der Waals surface area contributed by atoms with Crippen LogP contribution in [0.25, 0.3) is 11.3 Å². The lowest BCUT2D eigenvalue weighted by atomic mass is 10.0. The standard InChI is InChI=1S/C16H18ClN3O/c17-14-3-1-2-13(8-14)15-10-18-11-16(20-15)19-9-12-4-6-21-7-5-12/h1-3,8,10-12H,4-7,9H2,(H,19,20). The third-order valence-electron chi connectivity index (χ3n) is 3.67. The first-order valence-electron chi connectivity index (χ1n) is 7.21. The molecule has 1 aliphatic rings.